The molecule has 0 saturated heterocycles. The number of benzene rings is 1. The van der Waals surface area contributed by atoms with Gasteiger partial charge in [0, 0.05) is 12.6 Å². The Morgan fingerprint density at radius 3 is 2.92 bits per heavy atom. The van der Waals surface area contributed by atoms with E-state index in [0.29, 0.717) is 12.6 Å². The van der Waals surface area contributed by atoms with Crippen molar-refractivity contribution >= 4 is 11.6 Å². The molecule has 3 heteroatoms. The van der Waals surface area contributed by atoms with Crippen molar-refractivity contribution in [2.75, 3.05) is 0 Å². The van der Waals surface area contributed by atoms with Gasteiger partial charge in [0.15, 0.2) is 0 Å². The normalized spacial score (nSPS) is 16.2. The van der Waals surface area contributed by atoms with Gasteiger partial charge in [0.25, 0.3) is 0 Å². The summed E-state index contributed by atoms with van der Waals surface area (Å²) in [7, 11) is 0. The molecule has 1 nitrogen and oxygen atoms in total. The maximum Gasteiger partial charge on any atom is 0.142 e. The van der Waals surface area contributed by atoms with Crippen LogP contribution in [0.1, 0.15) is 18.4 Å². The maximum absolute atomic E-state index is 13.0. The first-order chi connectivity index (χ1) is 6.27. The monoisotopic (exact) mass is 199 g/mol. The van der Waals surface area contributed by atoms with Crippen molar-refractivity contribution in [3.05, 3.63) is 34.6 Å². The van der Waals surface area contributed by atoms with Gasteiger partial charge in [-0.3, -0.25) is 0 Å². The van der Waals surface area contributed by atoms with Crippen molar-refractivity contribution in [1.82, 2.24) is 5.32 Å². The lowest BCUT2D eigenvalue weighted by Crippen LogP contribution is -2.15. The Bertz CT molecular complexity index is 310. The van der Waals surface area contributed by atoms with Gasteiger partial charge < -0.3 is 5.32 Å². The van der Waals surface area contributed by atoms with Crippen molar-refractivity contribution < 1.29 is 4.39 Å². The van der Waals surface area contributed by atoms with Crippen LogP contribution in [-0.2, 0) is 6.54 Å². The van der Waals surface area contributed by atoms with Crippen LogP contribution in [0.5, 0.6) is 0 Å². The van der Waals surface area contributed by atoms with Crippen LogP contribution in [0.2, 0.25) is 5.02 Å². The molecule has 1 aromatic rings. The van der Waals surface area contributed by atoms with Crippen LogP contribution >= 0.6 is 11.6 Å². The lowest BCUT2D eigenvalue weighted by Gasteiger charge is -2.05. The first-order valence-electron chi connectivity index (χ1n) is 4.43. The van der Waals surface area contributed by atoms with Crippen LogP contribution in [0, 0.1) is 5.82 Å². The highest BCUT2D eigenvalue weighted by atomic mass is 35.5. The molecule has 1 fully saturated rings. The highest BCUT2D eigenvalue weighted by Gasteiger charge is 2.20. The quantitative estimate of drug-likeness (QED) is 0.790. The molecule has 70 valence electrons. The first kappa shape index (κ1) is 8.97. The van der Waals surface area contributed by atoms with E-state index < -0.39 is 0 Å². The third-order valence-electron chi connectivity index (χ3n) is 2.19. The second-order valence-corrected chi connectivity index (χ2v) is 3.75. The van der Waals surface area contributed by atoms with Gasteiger partial charge in [-0.05, 0) is 24.5 Å². The largest absolute Gasteiger partial charge is 0.310 e. The Morgan fingerprint density at radius 1 is 1.46 bits per heavy atom. The Balaban J connectivity index is 2.05. The average Bonchev–Trinajstić information content (AvgIpc) is 2.91. The number of nitrogens with one attached hydrogen (secondary N) is 1. The molecule has 1 saturated carbocycles. The first-order valence-corrected chi connectivity index (χ1v) is 4.81. The molecule has 0 atom stereocenters. The zero-order chi connectivity index (χ0) is 9.26. The summed E-state index contributed by atoms with van der Waals surface area (Å²) in [6.07, 6.45) is 2.46. The Kier molecular flexibility index (Phi) is 2.51. The molecule has 0 amide bonds. The van der Waals surface area contributed by atoms with E-state index in [2.05, 4.69) is 5.32 Å². The summed E-state index contributed by atoms with van der Waals surface area (Å²) < 4.78 is 13.0. The number of rotatable bonds is 3. The van der Waals surface area contributed by atoms with Crippen LogP contribution in [0.25, 0.3) is 0 Å². The summed E-state index contributed by atoms with van der Waals surface area (Å²) >= 11 is 5.78. The second kappa shape index (κ2) is 3.64. The second-order valence-electron chi connectivity index (χ2n) is 3.37. The Hall–Kier alpha value is -0.600. The minimum absolute atomic E-state index is 0.246. The smallest absolute Gasteiger partial charge is 0.142 e. The van der Waals surface area contributed by atoms with Gasteiger partial charge in [-0.1, -0.05) is 23.7 Å². The molecule has 0 aromatic heterocycles. The average molecular weight is 200 g/mol. The molecule has 1 N–H and O–H groups in total. The lowest BCUT2D eigenvalue weighted by atomic mass is 10.2. The van der Waals surface area contributed by atoms with Gasteiger partial charge in [0.1, 0.15) is 5.82 Å². The molecule has 13 heavy (non-hydrogen) atoms. The minimum atomic E-state index is -0.336. The molecule has 2 rings (SSSR count). The molecule has 1 aliphatic rings. The summed E-state index contributed by atoms with van der Waals surface area (Å²) in [5, 5.41) is 3.54. The van der Waals surface area contributed by atoms with Crippen LogP contribution in [0.3, 0.4) is 0 Å². The van der Waals surface area contributed by atoms with E-state index in [1.165, 1.54) is 18.9 Å². The van der Waals surface area contributed by atoms with Gasteiger partial charge in [-0.2, -0.15) is 0 Å². The summed E-state index contributed by atoms with van der Waals surface area (Å²) in [5.74, 6) is -0.336. The van der Waals surface area contributed by atoms with Gasteiger partial charge >= 0.3 is 0 Å². The van der Waals surface area contributed by atoms with E-state index in [1.807, 2.05) is 6.07 Å². The topological polar surface area (TPSA) is 12.0 Å². The van der Waals surface area contributed by atoms with Gasteiger partial charge in [-0.25, -0.2) is 4.39 Å². The van der Waals surface area contributed by atoms with Crippen LogP contribution in [0.4, 0.5) is 4.39 Å². The zero-order valence-corrected chi connectivity index (χ0v) is 7.94. The van der Waals surface area contributed by atoms with Crippen molar-refractivity contribution in [2.24, 2.45) is 0 Å². The summed E-state index contributed by atoms with van der Waals surface area (Å²) in [6.45, 7) is 0.668. The minimum Gasteiger partial charge on any atom is -0.310 e. The molecule has 1 aliphatic carbocycles. The fraction of sp³-hybridized carbons (Fsp3) is 0.400. The fourth-order valence-corrected chi connectivity index (χ4v) is 1.42. The van der Waals surface area contributed by atoms with E-state index >= 15 is 0 Å². The van der Waals surface area contributed by atoms with Crippen LogP contribution < -0.4 is 5.32 Å². The zero-order valence-electron chi connectivity index (χ0n) is 7.19. The Labute approximate surface area is 81.9 Å². The third kappa shape index (κ3) is 2.20. The molecule has 0 heterocycles. The predicted molar refractivity (Wildman–Crippen MR) is 51.3 cm³/mol. The SMILES string of the molecule is Fc1cccc(CNC2CC2)c1Cl. The highest BCUT2D eigenvalue weighted by molar-refractivity contribution is 6.31. The summed E-state index contributed by atoms with van der Waals surface area (Å²) in [6, 6.07) is 5.54. The van der Waals surface area contributed by atoms with E-state index in [4.69, 9.17) is 11.6 Å². The summed E-state index contributed by atoms with van der Waals surface area (Å²) in [5.41, 5.74) is 0.841. The number of hydrogen-bond donors (Lipinski definition) is 1. The van der Waals surface area contributed by atoms with Gasteiger partial charge in [0.05, 0.1) is 5.02 Å². The van der Waals surface area contributed by atoms with Gasteiger partial charge in [0.2, 0.25) is 0 Å². The molecule has 0 radical (unpaired) electrons. The molecule has 0 aliphatic heterocycles. The fourth-order valence-electron chi connectivity index (χ4n) is 1.23. The van der Waals surface area contributed by atoms with E-state index in [1.54, 1.807) is 6.07 Å². The predicted octanol–water partition coefficient (Wildman–Crippen LogP) is 2.73. The van der Waals surface area contributed by atoms with E-state index in [0.717, 1.165) is 5.56 Å². The number of hydrogen-bond acceptors (Lipinski definition) is 1. The summed E-state index contributed by atoms with van der Waals surface area (Å²) in [4.78, 5) is 0. The van der Waals surface area contributed by atoms with Crippen molar-refractivity contribution in [3.63, 3.8) is 0 Å². The molecule has 0 bridgehead atoms. The maximum atomic E-state index is 13.0. The third-order valence-corrected chi connectivity index (χ3v) is 2.61. The van der Waals surface area contributed by atoms with Crippen molar-refractivity contribution in [2.45, 2.75) is 25.4 Å². The standard InChI is InChI=1S/C10H11ClFN/c11-10-7(2-1-3-9(10)12)6-13-8-4-5-8/h1-3,8,13H,4-6H2. The lowest BCUT2D eigenvalue weighted by molar-refractivity contribution is 0.620. The van der Waals surface area contributed by atoms with Crippen LogP contribution in [0.15, 0.2) is 18.2 Å². The molecule has 0 unspecified atom stereocenters. The van der Waals surface area contributed by atoms with Crippen LogP contribution in [-0.4, -0.2) is 6.04 Å². The Morgan fingerprint density at radius 2 is 2.23 bits per heavy atom. The van der Waals surface area contributed by atoms with Crippen molar-refractivity contribution in [3.8, 4) is 0 Å². The molecular weight excluding hydrogens is 189 g/mol. The molecular formula is C10H11ClFN. The molecule has 0 spiro atoms. The van der Waals surface area contributed by atoms with Crippen molar-refractivity contribution in [1.29, 1.82) is 0 Å². The van der Waals surface area contributed by atoms with Gasteiger partial charge in [-0.15, -0.1) is 0 Å². The van der Waals surface area contributed by atoms with E-state index in [9.17, 15) is 4.39 Å². The molecule has 1 aromatic carbocycles. The van der Waals surface area contributed by atoms with E-state index in [-0.39, 0.29) is 10.8 Å². The highest BCUT2D eigenvalue weighted by Crippen LogP contribution is 2.22. The number of halogens is 2.